The Hall–Kier alpha value is -1.63. The van der Waals surface area contributed by atoms with Crippen molar-refractivity contribution in [3.8, 4) is 0 Å². The average molecular weight is 326 g/mol. The van der Waals surface area contributed by atoms with E-state index in [9.17, 15) is 10.1 Å². The summed E-state index contributed by atoms with van der Waals surface area (Å²) in [5.41, 5.74) is 0.693. The molecule has 0 fully saturated rings. The first kappa shape index (κ1) is 15.8. The molecule has 1 N–H and O–H groups in total. The van der Waals surface area contributed by atoms with Crippen molar-refractivity contribution in [1.82, 2.24) is 4.90 Å². The van der Waals surface area contributed by atoms with Crippen LogP contribution in [0.2, 0.25) is 5.02 Å². The van der Waals surface area contributed by atoms with Crippen LogP contribution in [0, 0.1) is 10.1 Å². The minimum Gasteiger partial charge on any atom is -0.382 e. The number of non-ortho nitro benzene ring substituents is 1. The van der Waals surface area contributed by atoms with Crippen LogP contribution in [0.25, 0.3) is 0 Å². The van der Waals surface area contributed by atoms with Crippen molar-refractivity contribution in [2.75, 3.05) is 26.0 Å². The van der Waals surface area contributed by atoms with Gasteiger partial charge in [-0.25, -0.2) is 0 Å². The van der Waals surface area contributed by atoms with Gasteiger partial charge in [-0.15, -0.1) is 11.3 Å². The van der Waals surface area contributed by atoms with Gasteiger partial charge in [0.2, 0.25) is 0 Å². The maximum atomic E-state index is 10.7. The van der Waals surface area contributed by atoms with E-state index in [4.69, 9.17) is 11.6 Å². The lowest BCUT2D eigenvalue weighted by Crippen LogP contribution is -2.26. The van der Waals surface area contributed by atoms with Crippen molar-refractivity contribution in [2.45, 2.75) is 6.04 Å². The average Bonchev–Trinajstić information content (AvgIpc) is 2.93. The Balaban J connectivity index is 2.09. The molecule has 2 aromatic rings. The number of hydrogen-bond acceptors (Lipinski definition) is 5. The quantitative estimate of drug-likeness (QED) is 0.643. The second-order valence-corrected chi connectivity index (χ2v) is 6.18. The summed E-state index contributed by atoms with van der Waals surface area (Å²) in [6.07, 6.45) is 0. The van der Waals surface area contributed by atoms with Crippen LogP contribution in [0.5, 0.6) is 0 Å². The zero-order valence-corrected chi connectivity index (χ0v) is 13.3. The van der Waals surface area contributed by atoms with Crippen molar-refractivity contribution in [3.63, 3.8) is 0 Å². The highest BCUT2D eigenvalue weighted by molar-refractivity contribution is 7.10. The van der Waals surface area contributed by atoms with Gasteiger partial charge >= 0.3 is 0 Å². The van der Waals surface area contributed by atoms with E-state index in [0.717, 1.165) is 0 Å². The highest BCUT2D eigenvalue weighted by Crippen LogP contribution is 2.29. The summed E-state index contributed by atoms with van der Waals surface area (Å²) in [6.45, 7) is 0.672. The number of nitrogens with one attached hydrogen (secondary N) is 1. The molecule has 0 saturated heterocycles. The summed E-state index contributed by atoms with van der Waals surface area (Å²) in [4.78, 5) is 13.6. The summed E-state index contributed by atoms with van der Waals surface area (Å²) in [6, 6.07) is 8.78. The van der Waals surface area contributed by atoms with Crippen molar-refractivity contribution in [2.24, 2.45) is 0 Å². The van der Waals surface area contributed by atoms with Crippen molar-refractivity contribution in [3.05, 3.63) is 55.7 Å². The Kier molecular flexibility index (Phi) is 5.17. The first-order valence-corrected chi connectivity index (χ1v) is 7.62. The highest BCUT2D eigenvalue weighted by atomic mass is 35.5. The van der Waals surface area contributed by atoms with Gasteiger partial charge < -0.3 is 10.2 Å². The van der Waals surface area contributed by atoms with Crippen LogP contribution in [-0.4, -0.2) is 30.5 Å². The minimum absolute atomic E-state index is 0.00651. The van der Waals surface area contributed by atoms with E-state index < -0.39 is 4.92 Å². The molecule has 5 nitrogen and oxygen atoms in total. The molecule has 21 heavy (non-hydrogen) atoms. The fraction of sp³-hybridized carbons (Fsp3) is 0.286. The number of nitrogens with zero attached hydrogens (tertiary/aromatic N) is 2. The van der Waals surface area contributed by atoms with Gasteiger partial charge in [0.25, 0.3) is 5.69 Å². The normalized spacial score (nSPS) is 12.4. The van der Waals surface area contributed by atoms with Gasteiger partial charge in [0.15, 0.2) is 0 Å². The highest BCUT2D eigenvalue weighted by Gasteiger charge is 2.16. The van der Waals surface area contributed by atoms with Gasteiger partial charge in [0.05, 0.1) is 21.7 Å². The molecule has 0 aliphatic heterocycles. The molecule has 0 amide bonds. The SMILES string of the molecule is CN(C)C(CNc1ccc([N+](=O)[O-])cc1Cl)c1cccs1. The lowest BCUT2D eigenvalue weighted by molar-refractivity contribution is -0.384. The molecule has 0 radical (unpaired) electrons. The molecule has 0 bridgehead atoms. The maximum Gasteiger partial charge on any atom is 0.271 e. The number of nitro groups is 1. The molecule has 1 aromatic carbocycles. The molecule has 2 rings (SSSR count). The third kappa shape index (κ3) is 3.93. The third-order valence-electron chi connectivity index (χ3n) is 3.14. The Morgan fingerprint density at radius 3 is 2.71 bits per heavy atom. The second kappa shape index (κ2) is 6.89. The first-order valence-electron chi connectivity index (χ1n) is 6.36. The molecule has 0 saturated carbocycles. The summed E-state index contributed by atoms with van der Waals surface area (Å²) in [5.74, 6) is 0. The Labute approximate surface area is 132 Å². The molecule has 112 valence electrons. The van der Waals surface area contributed by atoms with E-state index in [1.165, 1.54) is 17.0 Å². The van der Waals surface area contributed by atoms with Crippen LogP contribution in [0.4, 0.5) is 11.4 Å². The Morgan fingerprint density at radius 2 is 2.19 bits per heavy atom. The van der Waals surface area contributed by atoms with Crippen molar-refractivity contribution < 1.29 is 4.92 Å². The number of rotatable bonds is 6. The smallest absolute Gasteiger partial charge is 0.271 e. The molecule has 7 heteroatoms. The predicted molar refractivity (Wildman–Crippen MR) is 87.3 cm³/mol. The minimum atomic E-state index is -0.454. The summed E-state index contributed by atoms with van der Waals surface area (Å²) >= 11 is 7.78. The summed E-state index contributed by atoms with van der Waals surface area (Å²) in [5, 5.41) is 16.4. The van der Waals surface area contributed by atoms with E-state index >= 15 is 0 Å². The molecule has 1 unspecified atom stereocenters. The van der Waals surface area contributed by atoms with Gasteiger partial charge in [-0.2, -0.15) is 0 Å². The van der Waals surface area contributed by atoms with E-state index in [0.29, 0.717) is 17.3 Å². The lowest BCUT2D eigenvalue weighted by atomic mass is 10.2. The zero-order valence-electron chi connectivity index (χ0n) is 11.7. The molecular weight excluding hydrogens is 310 g/mol. The van der Waals surface area contributed by atoms with E-state index in [2.05, 4.69) is 16.3 Å². The molecule has 1 atom stereocenters. The molecule has 1 heterocycles. The number of thiophene rings is 1. The fourth-order valence-electron chi connectivity index (χ4n) is 1.99. The first-order chi connectivity index (χ1) is 9.99. The van der Waals surface area contributed by atoms with Crippen LogP contribution in [0.1, 0.15) is 10.9 Å². The lowest BCUT2D eigenvalue weighted by Gasteiger charge is -2.24. The topological polar surface area (TPSA) is 58.4 Å². The van der Waals surface area contributed by atoms with E-state index in [-0.39, 0.29) is 11.7 Å². The number of halogens is 1. The molecule has 0 aliphatic rings. The largest absolute Gasteiger partial charge is 0.382 e. The van der Waals surface area contributed by atoms with Gasteiger partial charge in [0, 0.05) is 23.6 Å². The van der Waals surface area contributed by atoms with Crippen LogP contribution in [0.3, 0.4) is 0 Å². The molecule has 0 spiro atoms. The zero-order chi connectivity index (χ0) is 15.4. The predicted octanol–water partition coefficient (Wildman–Crippen LogP) is 4.02. The standard InChI is InChI=1S/C14H16ClN3O2S/c1-17(2)13(14-4-3-7-21-14)9-16-12-6-5-10(18(19)20)8-11(12)15/h3-8,13,16H,9H2,1-2H3. The van der Waals surface area contributed by atoms with Crippen molar-refractivity contribution in [1.29, 1.82) is 0 Å². The van der Waals surface area contributed by atoms with Crippen molar-refractivity contribution >= 4 is 34.3 Å². The number of benzene rings is 1. The number of nitro benzene ring substituents is 1. The van der Waals surface area contributed by atoms with Gasteiger partial charge in [-0.1, -0.05) is 17.7 Å². The van der Waals surface area contributed by atoms with E-state index in [1.54, 1.807) is 17.4 Å². The van der Waals surface area contributed by atoms with E-state index in [1.807, 2.05) is 25.5 Å². The second-order valence-electron chi connectivity index (χ2n) is 4.80. The van der Waals surface area contributed by atoms with Crippen LogP contribution in [-0.2, 0) is 0 Å². The Bertz CT molecular complexity index is 617. The number of likely N-dealkylation sites (N-methyl/N-ethyl adjacent to an activating group) is 1. The molecular formula is C14H16ClN3O2S. The van der Waals surface area contributed by atoms with Crippen LogP contribution < -0.4 is 5.32 Å². The Morgan fingerprint density at radius 1 is 1.43 bits per heavy atom. The monoisotopic (exact) mass is 325 g/mol. The number of hydrogen-bond donors (Lipinski definition) is 1. The molecule has 0 aliphatic carbocycles. The number of anilines is 1. The van der Waals surface area contributed by atoms with Gasteiger partial charge in [0.1, 0.15) is 0 Å². The maximum absolute atomic E-state index is 10.7. The fourth-order valence-corrected chi connectivity index (χ4v) is 3.15. The van der Waals surface area contributed by atoms with Gasteiger partial charge in [-0.3, -0.25) is 10.1 Å². The van der Waals surface area contributed by atoms with Gasteiger partial charge in [-0.05, 0) is 31.6 Å². The third-order valence-corrected chi connectivity index (χ3v) is 4.43. The molecule has 1 aromatic heterocycles. The van der Waals surface area contributed by atoms with Crippen LogP contribution >= 0.6 is 22.9 Å². The summed E-state index contributed by atoms with van der Waals surface area (Å²) in [7, 11) is 4.03. The van der Waals surface area contributed by atoms with Crippen LogP contribution in [0.15, 0.2) is 35.7 Å². The summed E-state index contributed by atoms with van der Waals surface area (Å²) < 4.78 is 0.